The minimum atomic E-state index is 0.106. The van der Waals surface area contributed by atoms with Gasteiger partial charge in [-0.2, -0.15) is 0 Å². The summed E-state index contributed by atoms with van der Waals surface area (Å²) >= 11 is 0. The maximum atomic E-state index is 6.32. The fourth-order valence-corrected chi connectivity index (χ4v) is 2.47. The van der Waals surface area contributed by atoms with Gasteiger partial charge < -0.3 is 10.6 Å². The molecule has 2 nitrogen and oxygen atoms in total. The maximum absolute atomic E-state index is 6.32. The number of benzene rings is 1. The average Bonchev–Trinajstić information content (AvgIpc) is 2.34. The van der Waals surface area contributed by atoms with Crippen LogP contribution in [0.5, 0.6) is 0 Å². The monoisotopic (exact) mass is 248 g/mol. The average molecular weight is 248 g/mol. The van der Waals surface area contributed by atoms with Crippen molar-refractivity contribution in [2.45, 2.75) is 52.6 Å². The van der Waals surface area contributed by atoms with Crippen LogP contribution in [0, 0.1) is 13.8 Å². The fourth-order valence-electron chi connectivity index (χ4n) is 2.47. The van der Waals surface area contributed by atoms with Crippen molar-refractivity contribution >= 4 is 0 Å². The number of aryl methyl sites for hydroxylation is 2. The summed E-state index contributed by atoms with van der Waals surface area (Å²) in [5.41, 5.74) is 10.2. The molecule has 0 aromatic heterocycles. The third kappa shape index (κ3) is 3.82. The summed E-state index contributed by atoms with van der Waals surface area (Å²) in [5.74, 6) is 0. The van der Waals surface area contributed by atoms with E-state index in [2.05, 4.69) is 57.8 Å². The van der Waals surface area contributed by atoms with Gasteiger partial charge in [-0.15, -0.1) is 0 Å². The summed E-state index contributed by atoms with van der Waals surface area (Å²) in [5, 5.41) is 0. The van der Waals surface area contributed by atoms with E-state index >= 15 is 0 Å². The highest BCUT2D eigenvalue weighted by Crippen LogP contribution is 2.17. The topological polar surface area (TPSA) is 29.3 Å². The maximum Gasteiger partial charge on any atom is 0.0424 e. The molecular weight excluding hydrogens is 220 g/mol. The van der Waals surface area contributed by atoms with E-state index in [-0.39, 0.29) is 6.04 Å². The molecule has 0 fully saturated rings. The summed E-state index contributed by atoms with van der Waals surface area (Å²) < 4.78 is 0. The van der Waals surface area contributed by atoms with E-state index in [4.69, 9.17) is 5.73 Å². The lowest BCUT2D eigenvalue weighted by Gasteiger charge is -2.29. The molecule has 0 radical (unpaired) electrons. The zero-order valence-corrected chi connectivity index (χ0v) is 12.5. The Morgan fingerprint density at radius 3 is 2.22 bits per heavy atom. The van der Waals surface area contributed by atoms with Gasteiger partial charge >= 0.3 is 0 Å². The first-order valence-electron chi connectivity index (χ1n) is 7.02. The van der Waals surface area contributed by atoms with E-state index in [1.165, 1.54) is 29.5 Å². The molecule has 102 valence electrons. The van der Waals surface area contributed by atoms with E-state index in [0.29, 0.717) is 6.04 Å². The lowest BCUT2D eigenvalue weighted by atomic mass is 10.0. The smallest absolute Gasteiger partial charge is 0.0424 e. The SMILES string of the molecule is CCC(CC)N(C)CC(N)c1ccc(C)c(C)c1. The fraction of sp³-hybridized carbons (Fsp3) is 0.625. The summed E-state index contributed by atoms with van der Waals surface area (Å²) in [4.78, 5) is 2.39. The Bertz CT molecular complexity index is 369. The minimum absolute atomic E-state index is 0.106. The minimum Gasteiger partial charge on any atom is -0.323 e. The van der Waals surface area contributed by atoms with E-state index in [9.17, 15) is 0 Å². The van der Waals surface area contributed by atoms with Gasteiger partial charge in [0, 0.05) is 18.6 Å². The van der Waals surface area contributed by atoms with Crippen LogP contribution >= 0.6 is 0 Å². The van der Waals surface area contributed by atoms with Gasteiger partial charge in [0.15, 0.2) is 0 Å². The van der Waals surface area contributed by atoms with Crippen LogP contribution in [-0.2, 0) is 0 Å². The molecule has 0 heterocycles. The standard InChI is InChI=1S/C16H28N2/c1-6-15(7-2)18(5)11-16(17)14-9-8-12(3)13(4)10-14/h8-10,15-16H,6-7,11,17H2,1-5H3. The van der Waals surface area contributed by atoms with Crippen molar-refractivity contribution in [2.75, 3.05) is 13.6 Å². The van der Waals surface area contributed by atoms with Crippen LogP contribution in [0.4, 0.5) is 0 Å². The summed E-state index contributed by atoms with van der Waals surface area (Å²) in [6.07, 6.45) is 2.37. The molecule has 0 aliphatic heterocycles. The van der Waals surface area contributed by atoms with Crippen LogP contribution in [0.25, 0.3) is 0 Å². The lowest BCUT2D eigenvalue weighted by Crippen LogP contribution is -2.36. The Morgan fingerprint density at radius 1 is 1.11 bits per heavy atom. The van der Waals surface area contributed by atoms with E-state index in [1.54, 1.807) is 0 Å². The quantitative estimate of drug-likeness (QED) is 0.836. The number of rotatable bonds is 6. The molecule has 0 saturated heterocycles. The molecule has 0 aliphatic carbocycles. The van der Waals surface area contributed by atoms with Gasteiger partial charge in [0.1, 0.15) is 0 Å². The molecule has 0 bridgehead atoms. The summed E-state index contributed by atoms with van der Waals surface area (Å²) in [6, 6.07) is 7.30. The third-order valence-corrected chi connectivity index (χ3v) is 4.01. The van der Waals surface area contributed by atoms with Crippen molar-refractivity contribution in [1.82, 2.24) is 4.90 Å². The zero-order valence-electron chi connectivity index (χ0n) is 12.5. The van der Waals surface area contributed by atoms with Gasteiger partial charge in [-0.25, -0.2) is 0 Å². The molecule has 0 amide bonds. The molecule has 1 atom stereocenters. The van der Waals surface area contributed by atoms with Crippen molar-refractivity contribution in [1.29, 1.82) is 0 Å². The predicted octanol–water partition coefficient (Wildman–Crippen LogP) is 3.42. The number of likely N-dealkylation sites (N-methyl/N-ethyl adjacent to an activating group) is 1. The highest BCUT2D eigenvalue weighted by Gasteiger charge is 2.15. The Hall–Kier alpha value is -0.860. The molecule has 1 rings (SSSR count). The van der Waals surface area contributed by atoms with Crippen LogP contribution in [-0.4, -0.2) is 24.5 Å². The third-order valence-electron chi connectivity index (χ3n) is 4.01. The van der Waals surface area contributed by atoms with Crippen molar-refractivity contribution in [3.05, 3.63) is 34.9 Å². The normalized spacial score (nSPS) is 13.3. The molecule has 2 N–H and O–H groups in total. The second-order valence-corrected chi connectivity index (χ2v) is 5.36. The van der Waals surface area contributed by atoms with Gasteiger partial charge in [-0.3, -0.25) is 0 Å². The molecule has 1 aromatic carbocycles. The second-order valence-electron chi connectivity index (χ2n) is 5.36. The van der Waals surface area contributed by atoms with Crippen LogP contribution in [0.1, 0.15) is 49.4 Å². The van der Waals surface area contributed by atoms with Crippen molar-refractivity contribution in [3.8, 4) is 0 Å². The number of hydrogen-bond donors (Lipinski definition) is 1. The first-order chi connectivity index (χ1) is 8.49. The number of nitrogens with two attached hydrogens (primary N) is 1. The van der Waals surface area contributed by atoms with Gasteiger partial charge in [0.2, 0.25) is 0 Å². The molecule has 0 spiro atoms. The van der Waals surface area contributed by atoms with E-state index in [1.807, 2.05) is 0 Å². The highest BCUT2D eigenvalue weighted by molar-refractivity contribution is 5.31. The molecule has 1 unspecified atom stereocenters. The zero-order chi connectivity index (χ0) is 13.7. The van der Waals surface area contributed by atoms with Gasteiger partial charge in [0.05, 0.1) is 0 Å². The Morgan fingerprint density at radius 2 is 1.72 bits per heavy atom. The van der Waals surface area contributed by atoms with E-state index in [0.717, 1.165) is 6.54 Å². The Balaban J connectivity index is 2.69. The lowest BCUT2D eigenvalue weighted by molar-refractivity contribution is 0.217. The van der Waals surface area contributed by atoms with Crippen LogP contribution < -0.4 is 5.73 Å². The van der Waals surface area contributed by atoms with Crippen molar-refractivity contribution in [3.63, 3.8) is 0 Å². The second kappa shape index (κ2) is 6.91. The molecule has 2 heteroatoms. The predicted molar refractivity (Wildman–Crippen MR) is 79.8 cm³/mol. The van der Waals surface area contributed by atoms with Gasteiger partial charge in [-0.1, -0.05) is 32.0 Å². The number of nitrogens with zero attached hydrogens (tertiary/aromatic N) is 1. The molecule has 0 saturated carbocycles. The first kappa shape index (κ1) is 15.2. The molecular formula is C16H28N2. The molecule has 1 aromatic rings. The number of hydrogen-bond acceptors (Lipinski definition) is 2. The summed E-state index contributed by atoms with van der Waals surface area (Å²) in [7, 11) is 2.18. The molecule has 0 aliphatic rings. The first-order valence-corrected chi connectivity index (χ1v) is 7.02. The largest absolute Gasteiger partial charge is 0.323 e. The van der Waals surface area contributed by atoms with E-state index < -0.39 is 0 Å². The Labute approximate surface area is 112 Å². The van der Waals surface area contributed by atoms with Crippen LogP contribution in [0.3, 0.4) is 0 Å². The van der Waals surface area contributed by atoms with Gasteiger partial charge in [0.25, 0.3) is 0 Å². The van der Waals surface area contributed by atoms with Crippen molar-refractivity contribution < 1.29 is 0 Å². The van der Waals surface area contributed by atoms with Crippen molar-refractivity contribution in [2.24, 2.45) is 5.73 Å². The van der Waals surface area contributed by atoms with Crippen LogP contribution in [0.2, 0.25) is 0 Å². The Kier molecular flexibility index (Phi) is 5.83. The highest BCUT2D eigenvalue weighted by atomic mass is 15.1. The van der Waals surface area contributed by atoms with Crippen LogP contribution in [0.15, 0.2) is 18.2 Å². The van der Waals surface area contributed by atoms with Gasteiger partial charge in [-0.05, 0) is 50.4 Å². The molecule has 18 heavy (non-hydrogen) atoms. The summed E-state index contributed by atoms with van der Waals surface area (Å²) in [6.45, 7) is 9.70.